The molecule has 112 valence electrons. The zero-order valence-corrected chi connectivity index (χ0v) is 13.2. The molecule has 0 aliphatic carbocycles. The van der Waals surface area contributed by atoms with Gasteiger partial charge in [0.15, 0.2) is 0 Å². The van der Waals surface area contributed by atoms with Gasteiger partial charge in [0.05, 0.1) is 10.6 Å². The van der Waals surface area contributed by atoms with Gasteiger partial charge in [0.25, 0.3) is 0 Å². The Morgan fingerprint density at radius 2 is 2.10 bits per heavy atom. The lowest BCUT2D eigenvalue weighted by Crippen LogP contribution is -2.32. The van der Waals surface area contributed by atoms with Crippen LogP contribution in [-0.4, -0.2) is 41.8 Å². The maximum atomic E-state index is 12.1. The topological polar surface area (TPSA) is 101 Å². The summed E-state index contributed by atoms with van der Waals surface area (Å²) in [5.41, 5.74) is -0.179. The Labute approximate surface area is 124 Å². The highest BCUT2D eigenvalue weighted by Crippen LogP contribution is 2.22. The second-order valence-electron chi connectivity index (χ2n) is 4.11. The lowest BCUT2D eigenvalue weighted by atomic mass is 10.2. The third-order valence-corrected chi connectivity index (χ3v) is 5.80. The maximum absolute atomic E-state index is 12.1. The van der Waals surface area contributed by atoms with Crippen LogP contribution in [0.1, 0.15) is 17.3 Å². The predicted octanol–water partition coefficient (Wildman–Crippen LogP) is 1.08. The van der Waals surface area contributed by atoms with Crippen LogP contribution in [0.2, 0.25) is 5.02 Å². The van der Waals surface area contributed by atoms with Crippen LogP contribution in [0.4, 0.5) is 0 Å². The summed E-state index contributed by atoms with van der Waals surface area (Å²) in [5, 5.41) is 8.41. The Bertz CT molecular complexity index is 644. The van der Waals surface area contributed by atoms with Gasteiger partial charge < -0.3 is 5.11 Å². The molecule has 1 aromatic rings. The minimum absolute atomic E-state index is 0.0287. The van der Waals surface area contributed by atoms with Crippen molar-refractivity contribution in [2.75, 3.05) is 12.8 Å². The first-order valence-electron chi connectivity index (χ1n) is 5.50. The molecule has 1 aromatic carbocycles. The standard InChI is InChI=1S/C11H14ClNO5S2/c1-7(19(2)16)6-13-20(17,18)10-5-8(11(14)15)3-4-9(10)12/h3-5,7,13H,6H2,1-2H3,(H,14,15). The molecular formula is C11H14ClNO5S2. The third kappa shape index (κ3) is 4.27. The number of benzene rings is 1. The number of carbonyl (C=O) groups is 1. The third-order valence-electron chi connectivity index (χ3n) is 2.60. The van der Waals surface area contributed by atoms with Crippen molar-refractivity contribution in [1.29, 1.82) is 0 Å². The molecule has 0 radical (unpaired) electrons. The predicted molar refractivity (Wildman–Crippen MR) is 77.1 cm³/mol. The van der Waals surface area contributed by atoms with Crippen LogP contribution in [0.25, 0.3) is 0 Å². The van der Waals surface area contributed by atoms with Gasteiger partial charge in [-0.25, -0.2) is 17.9 Å². The molecule has 0 bridgehead atoms. The molecule has 0 saturated carbocycles. The van der Waals surface area contributed by atoms with Gasteiger partial charge in [0.1, 0.15) is 4.90 Å². The molecule has 1 rings (SSSR count). The number of halogens is 1. The van der Waals surface area contributed by atoms with Crippen LogP contribution in [-0.2, 0) is 20.8 Å². The van der Waals surface area contributed by atoms with E-state index in [2.05, 4.69) is 4.72 Å². The fourth-order valence-corrected chi connectivity index (χ4v) is 3.34. The lowest BCUT2D eigenvalue weighted by molar-refractivity contribution is 0.0696. The van der Waals surface area contributed by atoms with E-state index < -0.39 is 26.8 Å². The fourth-order valence-electron chi connectivity index (χ4n) is 1.26. The smallest absolute Gasteiger partial charge is 0.335 e. The minimum Gasteiger partial charge on any atom is -0.478 e. The Hall–Kier alpha value is -0.960. The van der Waals surface area contributed by atoms with Gasteiger partial charge in [0.2, 0.25) is 10.0 Å². The average Bonchev–Trinajstić information content (AvgIpc) is 2.35. The summed E-state index contributed by atoms with van der Waals surface area (Å²) < 4.78 is 37.6. The van der Waals surface area contributed by atoms with E-state index in [-0.39, 0.29) is 27.3 Å². The van der Waals surface area contributed by atoms with E-state index >= 15 is 0 Å². The SMILES string of the molecule is CC(CNS(=O)(=O)c1cc(C(=O)O)ccc1Cl)S(C)=O. The summed E-state index contributed by atoms with van der Waals surface area (Å²) in [6.07, 6.45) is 1.47. The highest BCUT2D eigenvalue weighted by molar-refractivity contribution is 7.89. The van der Waals surface area contributed by atoms with Crippen LogP contribution < -0.4 is 4.72 Å². The molecule has 2 unspecified atom stereocenters. The summed E-state index contributed by atoms with van der Waals surface area (Å²) in [6.45, 7) is 1.60. The first-order chi connectivity index (χ1) is 9.15. The molecule has 20 heavy (non-hydrogen) atoms. The van der Waals surface area contributed by atoms with E-state index in [1.54, 1.807) is 6.92 Å². The Kier molecular flexibility index (Phi) is 5.69. The van der Waals surface area contributed by atoms with Crippen LogP contribution >= 0.6 is 11.6 Å². The van der Waals surface area contributed by atoms with Gasteiger partial charge in [-0.1, -0.05) is 11.6 Å². The lowest BCUT2D eigenvalue weighted by Gasteiger charge is -2.12. The van der Waals surface area contributed by atoms with Crippen molar-refractivity contribution in [3.8, 4) is 0 Å². The van der Waals surface area contributed by atoms with Crippen molar-refractivity contribution in [2.24, 2.45) is 0 Å². The van der Waals surface area contributed by atoms with E-state index in [4.69, 9.17) is 16.7 Å². The summed E-state index contributed by atoms with van der Waals surface area (Å²) in [5.74, 6) is -1.25. The molecule has 0 heterocycles. The second kappa shape index (κ2) is 6.66. The minimum atomic E-state index is -3.96. The second-order valence-corrected chi connectivity index (χ2v) is 8.06. The van der Waals surface area contributed by atoms with E-state index in [1.807, 2.05) is 0 Å². The van der Waals surface area contributed by atoms with Crippen LogP contribution in [0.5, 0.6) is 0 Å². The monoisotopic (exact) mass is 339 g/mol. The number of aromatic carboxylic acids is 1. The molecule has 2 N–H and O–H groups in total. The molecule has 0 amide bonds. The quantitative estimate of drug-likeness (QED) is 0.807. The number of sulfonamides is 1. The van der Waals surface area contributed by atoms with Crippen LogP contribution in [0.15, 0.2) is 23.1 Å². The summed E-state index contributed by atoms with van der Waals surface area (Å²) in [6, 6.07) is 3.41. The number of hydrogen-bond acceptors (Lipinski definition) is 4. The van der Waals surface area contributed by atoms with Crippen molar-refractivity contribution in [3.63, 3.8) is 0 Å². The number of carboxylic acid groups (broad SMARTS) is 1. The van der Waals surface area contributed by atoms with Gasteiger partial charge in [-0.3, -0.25) is 4.21 Å². The van der Waals surface area contributed by atoms with Gasteiger partial charge in [-0.05, 0) is 25.1 Å². The van der Waals surface area contributed by atoms with E-state index in [9.17, 15) is 17.4 Å². The van der Waals surface area contributed by atoms with Gasteiger partial charge in [-0.2, -0.15) is 0 Å². The van der Waals surface area contributed by atoms with Gasteiger partial charge in [-0.15, -0.1) is 0 Å². The van der Waals surface area contributed by atoms with E-state index in [0.29, 0.717) is 0 Å². The van der Waals surface area contributed by atoms with Gasteiger partial charge in [0, 0.05) is 28.9 Å². The summed E-state index contributed by atoms with van der Waals surface area (Å²) in [7, 11) is -5.13. The molecule has 0 aliphatic rings. The highest BCUT2D eigenvalue weighted by Gasteiger charge is 2.21. The molecule has 0 spiro atoms. The highest BCUT2D eigenvalue weighted by atomic mass is 35.5. The first kappa shape index (κ1) is 17.1. The summed E-state index contributed by atoms with van der Waals surface area (Å²) in [4.78, 5) is 10.5. The molecule has 2 atom stereocenters. The van der Waals surface area contributed by atoms with Crippen molar-refractivity contribution in [1.82, 2.24) is 4.72 Å². The molecule has 0 aliphatic heterocycles. The number of carboxylic acids is 1. The zero-order chi connectivity index (χ0) is 15.5. The Morgan fingerprint density at radius 3 is 2.60 bits per heavy atom. The van der Waals surface area contributed by atoms with Crippen LogP contribution in [0, 0.1) is 0 Å². The maximum Gasteiger partial charge on any atom is 0.335 e. The van der Waals surface area contributed by atoms with Crippen molar-refractivity contribution in [2.45, 2.75) is 17.1 Å². The van der Waals surface area contributed by atoms with Crippen molar-refractivity contribution in [3.05, 3.63) is 28.8 Å². The normalized spacial score (nSPS) is 14.8. The molecule has 9 heteroatoms. The molecule has 0 aromatic heterocycles. The molecule has 0 saturated heterocycles. The van der Waals surface area contributed by atoms with E-state index in [0.717, 1.165) is 6.07 Å². The first-order valence-corrected chi connectivity index (χ1v) is 8.98. The fraction of sp³-hybridized carbons (Fsp3) is 0.364. The Balaban J connectivity index is 3.06. The number of rotatable bonds is 6. The Morgan fingerprint density at radius 1 is 1.50 bits per heavy atom. The molecule has 6 nitrogen and oxygen atoms in total. The van der Waals surface area contributed by atoms with Crippen molar-refractivity contribution >= 4 is 38.4 Å². The summed E-state index contributed by atoms with van der Waals surface area (Å²) >= 11 is 5.79. The van der Waals surface area contributed by atoms with Crippen molar-refractivity contribution < 1.29 is 22.5 Å². The van der Waals surface area contributed by atoms with Crippen LogP contribution in [0.3, 0.4) is 0 Å². The zero-order valence-electron chi connectivity index (χ0n) is 10.8. The van der Waals surface area contributed by atoms with E-state index in [1.165, 1.54) is 18.4 Å². The molecular weight excluding hydrogens is 326 g/mol. The average molecular weight is 340 g/mol. The number of nitrogens with one attached hydrogen (secondary N) is 1. The number of hydrogen-bond donors (Lipinski definition) is 2. The largest absolute Gasteiger partial charge is 0.478 e. The molecule has 0 fully saturated rings. The van der Waals surface area contributed by atoms with Gasteiger partial charge >= 0.3 is 5.97 Å².